The largest absolute Gasteiger partial charge is 0.395 e. The van der Waals surface area contributed by atoms with Crippen molar-refractivity contribution in [3.05, 3.63) is 22.8 Å². The smallest absolute Gasteiger partial charge is 0.273 e. The SMILES string of the molecule is CCCNc1ccc(Cl)c(C(=O)N(C)CCO)n1. The van der Waals surface area contributed by atoms with Gasteiger partial charge in [-0.1, -0.05) is 18.5 Å². The number of hydrogen-bond acceptors (Lipinski definition) is 4. The molecular weight excluding hydrogens is 254 g/mol. The van der Waals surface area contributed by atoms with E-state index in [9.17, 15) is 4.79 Å². The van der Waals surface area contributed by atoms with Crippen LogP contribution in [-0.4, -0.2) is 47.6 Å². The monoisotopic (exact) mass is 271 g/mol. The lowest BCUT2D eigenvalue weighted by molar-refractivity contribution is 0.0761. The molecular formula is C12H18ClN3O2. The Kier molecular flexibility index (Phi) is 5.88. The fourth-order valence-electron chi connectivity index (χ4n) is 1.38. The molecule has 1 rings (SSSR count). The second kappa shape index (κ2) is 7.18. The Morgan fingerprint density at radius 3 is 2.89 bits per heavy atom. The molecule has 0 bridgehead atoms. The Morgan fingerprint density at radius 2 is 2.28 bits per heavy atom. The summed E-state index contributed by atoms with van der Waals surface area (Å²) >= 11 is 5.97. The molecule has 0 aliphatic heterocycles. The number of carbonyl (C=O) groups excluding carboxylic acids is 1. The third kappa shape index (κ3) is 3.85. The Labute approximate surface area is 112 Å². The van der Waals surface area contributed by atoms with E-state index in [-0.39, 0.29) is 24.8 Å². The van der Waals surface area contributed by atoms with Gasteiger partial charge in [0.25, 0.3) is 5.91 Å². The van der Waals surface area contributed by atoms with Crippen molar-refractivity contribution in [1.29, 1.82) is 0 Å². The van der Waals surface area contributed by atoms with Crippen molar-refractivity contribution in [1.82, 2.24) is 9.88 Å². The Balaban J connectivity index is 2.89. The first-order valence-electron chi connectivity index (χ1n) is 5.86. The third-order valence-corrected chi connectivity index (χ3v) is 2.69. The van der Waals surface area contributed by atoms with Gasteiger partial charge in [0.05, 0.1) is 11.6 Å². The second-order valence-corrected chi connectivity index (χ2v) is 4.31. The van der Waals surface area contributed by atoms with Crippen molar-refractivity contribution in [2.75, 3.05) is 32.1 Å². The summed E-state index contributed by atoms with van der Waals surface area (Å²) in [4.78, 5) is 17.6. The molecule has 0 aromatic carbocycles. The van der Waals surface area contributed by atoms with Gasteiger partial charge in [-0.05, 0) is 18.6 Å². The molecule has 2 N–H and O–H groups in total. The van der Waals surface area contributed by atoms with E-state index >= 15 is 0 Å². The standard InChI is InChI=1S/C12H18ClN3O2/c1-3-6-14-10-5-4-9(13)11(15-10)12(18)16(2)7-8-17/h4-5,17H,3,6-8H2,1-2H3,(H,14,15). The highest BCUT2D eigenvalue weighted by Crippen LogP contribution is 2.18. The van der Waals surface area contributed by atoms with E-state index in [0.717, 1.165) is 13.0 Å². The van der Waals surface area contributed by atoms with Gasteiger partial charge >= 0.3 is 0 Å². The summed E-state index contributed by atoms with van der Waals surface area (Å²) in [5.41, 5.74) is 0.203. The zero-order chi connectivity index (χ0) is 13.5. The molecule has 0 spiro atoms. The van der Waals surface area contributed by atoms with Gasteiger partial charge < -0.3 is 15.3 Å². The lowest BCUT2D eigenvalue weighted by Crippen LogP contribution is -2.30. The number of aliphatic hydroxyl groups excluding tert-OH is 1. The average Bonchev–Trinajstić information content (AvgIpc) is 2.37. The normalized spacial score (nSPS) is 10.2. The van der Waals surface area contributed by atoms with Crippen molar-refractivity contribution in [2.45, 2.75) is 13.3 Å². The van der Waals surface area contributed by atoms with Crippen molar-refractivity contribution < 1.29 is 9.90 Å². The minimum atomic E-state index is -0.297. The lowest BCUT2D eigenvalue weighted by atomic mass is 10.3. The van der Waals surface area contributed by atoms with Crippen LogP contribution >= 0.6 is 11.6 Å². The summed E-state index contributed by atoms with van der Waals surface area (Å²) in [6.45, 7) is 3.00. The summed E-state index contributed by atoms with van der Waals surface area (Å²) in [5.74, 6) is 0.330. The van der Waals surface area contributed by atoms with Crippen LogP contribution < -0.4 is 5.32 Å². The number of likely N-dealkylation sites (N-methyl/N-ethyl adjacent to an activating group) is 1. The molecule has 0 unspecified atom stereocenters. The molecule has 1 aromatic heterocycles. The molecule has 6 heteroatoms. The number of aromatic nitrogens is 1. The molecule has 18 heavy (non-hydrogen) atoms. The summed E-state index contributed by atoms with van der Waals surface area (Å²) in [6.07, 6.45) is 0.970. The molecule has 1 amide bonds. The number of nitrogens with zero attached hydrogens (tertiary/aromatic N) is 2. The van der Waals surface area contributed by atoms with Crippen LogP contribution in [0.15, 0.2) is 12.1 Å². The molecule has 0 saturated carbocycles. The Hall–Kier alpha value is -1.33. The Bertz CT molecular complexity index is 412. The predicted molar refractivity (Wildman–Crippen MR) is 72.1 cm³/mol. The number of aliphatic hydroxyl groups is 1. The molecule has 0 radical (unpaired) electrons. The summed E-state index contributed by atoms with van der Waals surface area (Å²) in [7, 11) is 1.60. The minimum absolute atomic E-state index is 0.0896. The van der Waals surface area contributed by atoms with Crippen molar-refractivity contribution in [3.8, 4) is 0 Å². The lowest BCUT2D eigenvalue weighted by Gasteiger charge is -2.16. The van der Waals surface area contributed by atoms with Gasteiger partial charge in [0.2, 0.25) is 0 Å². The van der Waals surface area contributed by atoms with Crippen molar-refractivity contribution in [2.24, 2.45) is 0 Å². The van der Waals surface area contributed by atoms with Crippen LogP contribution in [0.2, 0.25) is 5.02 Å². The van der Waals surface area contributed by atoms with E-state index < -0.39 is 0 Å². The van der Waals surface area contributed by atoms with E-state index in [1.165, 1.54) is 4.90 Å². The number of nitrogens with one attached hydrogen (secondary N) is 1. The highest BCUT2D eigenvalue weighted by atomic mass is 35.5. The molecule has 1 heterocycles. The number of rotatable bonds is 6. The highest BCUT2D eigenvalue weighted by Gasteiger charge is 2.17. The number of amides is 1. The maximum atomic E-state index is 12.0. The highest BCUT2D eigenvalue weighted by molar-refractivity contribution is 6.33. The summed E-state index contributed by atoms with van der Waals surface area (Å²) in [5, 5.41) is 12.2. The van der Waals surface area contributed by atoms with E-state index in [1.54, 1.807) is 19.2 Å². The van der Waals surface area contributed by atoms with Gasteiger partial charge in [-0.2, -0.15) is 0 Å². The maximum Gasteiger partial charge on any atom is 0.273 e. The van der Waals surface area contributed by atoms with Crippen LogP contribution in [0.5, 0.6) is 0 Å². The maximum absolute atomic E-state index is 12.0. The van der Waals surface area contributed by atoms with Gasteiger partial charge in [0.1, 0.15) is 11.5 Å². The fourth-order valence-corrected chi connectivity index (χ4v) is 1.56. The summed E-state index contributed by atoms with van der Waals surface area (Å²) in [6, 6.07) is 3.38. The summed E-state index contributed by atoms with van der Waals surface area (Å²) < 4.78 is 0. The van der Waals surface area contributed by atoms with E-state index in [2.05, 4.69) is 10.3 Å². The fraction of sp³-hybridized carbons (Fsp3) is 0.500. The van der Waals surface area contributed by atoms with Crippen LogP contribution in [0.1, 0.15) is 23.8 Å². The average molecular weight is 272 g/mol. The van der Waals surface area contributed by atoms with E-state index in [0.29, 0.717) is 10.8 Å². The van der Waals surface area contributed by atoms with Gasteiger partial charge in [-0.25, -0.2) is 4.98 Å². The third-order valence-electron chi connectivity index (χ3n) is 2.39. The first-order valence-corrected chi connectivity index (χ1v) is 6.24. The zero-order valence-electron chi connectivity index (χ0n) is 10.6. The van der Waals surface area contributed by atoms with Crippen LogP contribution in [0, 0.1) is 0 Å². The van der Waals surface area contributed by atoms with Crippen LogP contribution in [0.25, 0.3) is 0 Å². The molecule has 0 saturated heterocycles. The first kappa shape index (κ1) is 14.7. The molecule has 1 aromatic rings. The van der Waals surface area contributed by atoms with Gasteiger partial charge in [-0.3, -0.25) is 4.79 Å². The number of carbonyl (C=O) groups is 1. The topological polar surface area (TPSA) is 65.5 Å². The van der Waals surface area contributed by atoms with Crippen LogP contribution in [-0.2, 0) is 0 Å². The van der Waals surface area contributed by atoms with Crippen LogP contribution in [0.3, 0.4) is 0 Å². The van der Waals surface area contributed by atoms with Gasteiger partial charge in [0, 0.05) is 20.1 Å². The molecule has 100 valence electrons. The molecule has 0 aliphatic carbocycles. The molecule has 0 fully saturated rings. The molecule has 0 atom stereocenters. The Morgan fingerprint density at radius 1 is 1.56 bits per heavy atom. The number of anilines is 1. The van der Waals surface area contributed by atoms with E-state index in [4.69, 9.17) is 16.7 Å². The molecule has 0 aliphatic rings. The van der Waals surface area contributed by atoms with Gasteiger partial charge in [-0.15, -0.1) is 0 Å². The molecule has 5 nitrogen and oxygen atoms in total. The number of pyridine rings is 1. The van der Waals surface area contributed by atoms with Crippen LogP contribution in [0.4, 0.5) is 5.82 Å². The quantitative estimate of drug-likeness (QED) is 0.825. The van der Waals surface area contributed by atoms with Crippen molar-refractivity contribution >= 4 is 23.3 Å². The first-order chi connectivity index (χ1) is 8.60. The predicted octanol–water partition coefficient (Wildman–Crippen LogP) is 1.62. The second-order valence-electron chi connectivity index (χ2n) is 3.90. The zero-order valence-corrected chi connectivity index (χ0v) is 11.4. The number of halogens is 1. The number of hydrogen-bond donors (Lipinski definition) is 2. The van der Waals surface area contributed by atoms with E-state index in [1.807, 2.05) is 6.92 Å². The van der Waals surface area contributed by atoms with Gasteiger partial charge in [0.15, 0.2) is 0 Å². The van der Waals surface area contributed by atoms with Crippen molar-refractivity contribution in [3.63, 3.8) is 0 Å². The minimum Gasteiger partial charge on any atom is -0.395 e.